The number of rotatable bonds is 2. The number of hydrogen-bond acceptors (Lipinski definition) is 0. The first-order valence-corrected chi connectivity index (χ1v) is 11.3. The Morgan fingerprint density at radius 2 is 1.37 bits per heavy atom. The zero-order valence-corrected chi connectivity index (χ0v) is 24.7. The van der Waals surface area contributed by atoms with Crippen LogP contribution in [0.3, 0.4) is 0 Å². The minimum atomic E-state index is 0. The molecule has 0 nitrogen and oxygen atoms in total. The van der Waals surface area contributed by atoms with Crippen LogP contribution in [0.4, 0.5) is 0 Å². The summed E-state index contributed by atoms with van der Waals surface area (Å²) >= 11 is 1.51. The largest absolute Gasteiger partial charge is 0.214 e. The van der Waals surface area contributed by atoms with Crippen molar-refractivity contribution in [2.75, 3.05) is 0 Å². The molecule has 0 unspecified atom stereocenters. The van der Waals surface area contributed by atoms with Crippen LogP contribution in [-0.2, 0) is 41.5 Å². The van der Waals surface area contributed by atoms with E-state index in [1.165, 1.54) is 40.9 Å². The van der Waals surface area contributed by atoms with Crippen LogP contribution >= 0.6 is 0 Å². The first-order chi connectivity index (χ1) is 13.1. The molecule has 0 saturated heterocycles. The molecule has 0 atom stereocenters. The predicted molar refractivity (Wildman–Crippen MR) is 121 cm³/mol. The fraction of sp³-hybridized carbons (Fsp3) is 0.333. The summed E-state index contributed by atoms with van der Waals surface area (Å²) in [4.78, 5) is 0. The molecule has 0 spiro atoms. The molecular formula is C27H34Br2Zr-2. The monoisotopic (exact) mass is 606 g/mol. The van der Waals surface area contributed by atoms with Gasteiger partial charge in [-0.2, -0.15) is 53.6 Å². The van der Waals surface area contributed by atoms with Crippen molar-refractivity contribution in [3.05, 3.63) is 102 Å². The average molecular weight is 610 g/mol. The molecule has 0 amide bonds. The van der Waals surface area contributed by atoms with Gasteiger partial charge in [-0.25, -0.2) is 12.1 Å². The van der Waals surface area contributed by atoms with E-state index >= 15 is 0 Å². The second-order valence-corrected chi connectivity index (χ2v) is 9.85. The van der Waals surface area contributed by atoms with E-state index in [0.717, 1.165) is 6.42 Å². The van der Waals surface area contributed by atoms with Crippen LogP contribution < -0.4 is 34.0 Å². The Hall–Kier alpha value is -0.497. The van der Waals surface area contributed by atoms with Crippen LogP contribution in [-0.4, -0.2) is 3.71 Å². The summed E-state index contributed by atoms with van der Waals surface area (Å²) in [6.45, 7) is 13.3. The van der Waals surface area contributed by atoms with Gasteiger partial charge in [-0.1, -0.05) is 47.0 Å². The molecule has 0 N–H and O–H groups in total. The molecule has 0 aromatic heterocycles. The van der Waals surface area contributed by atoms with Crippen molar-refractivity contribution in [1.82, 2.24) is 0 Å². The van der Waals surface area contributed by atoms with Crippen LogP contribution in [0.2, 0.25) is 0 Å². The van der Waals surface area contributed by atoms with E-state index in [0.29, 0.717) is 0 Å². The van der Waals surface area contributed by atoms with Crippen molar-refractivity contribution in [3.8, 4) is 0 Å². The second kappa shape index (κ2) is 16.2. The molecule has 0 aliphatic rings. The predicted octanol–water partition coefficient (Wildman–Crippen LogP) is 1.07. The van der Waals surface area contributed by atoms with Crippen LogP contribution in [0.1, 0.15) is 58.2 Å². The van der Waals surface area contributed by atoms with E-state index in [4.69, 9.17) is 0 Å². The normalized spacial score (nSPS) is 10.1. The van der Waals surface area contributed by atoms with Crippen molar-refractivity contribution in [1.29, 1.82) is 0 Å². The Morgan fingerprint density at radius 3 is 1.70 bits per heavy atom. The van der Waals surface area contributed by atoms with Gasteiger partial charge in [0.25, 0.3) is 0 Å². The second-order valence-electron chi connectivity index (χ2n) is 8.85. The zero-order valence-electron chi connectivity index (χ0n) is 19.0. The molecule has 0 radical (unpaired) electrons. The van der Waals surface area contributed by atoms with Crippen LogP contribution in [0.5, 0.6) is 0 Å². The maximum atomic E-state index is 3.38. The zero-order chi connectivity index (χ0) is 21.0. The smallest absolute Gasteiger partial charge is 0.172 e. The Balaban J connectivity index is 0. The van der Waals surface area contributed by atoms with E-state index in [1.807, 2.05) is 36.4 Å². The Bertz CT molecular complexity index is 712. The Kier molecular flexibility index (Phi) is 17.1. The third kappa shape index (κ3) is 13.7. The standard InChI is InChI=1S/C14H21.C8H8.C5H5.2BrH.Zr/c1-13(2,3)11-7-9-12(10-8-11)14(4,5)6;1-2-8-6-4-3-5-7-8;1-2-4-5-3-1;;;/h7-9H,1-6H3;1,3-7H,2H2;1-5H;2*1H;/q-1;;-1;;;+2/p-2. The molecule has 0 aliphatic carbocycles. The van der Waals surface area contributed by atoms with Crippen LogP contribution in [0.15, 0.2) is 78.9 Å². The van der Waals surface area contributed by atoms with Crippen LogP contribution in [0, 0.1) is 6.07 Å². The van der Waals surface area contributed by atoms with E-state index < -0.39 is 0 Å². The SMILES string of the molecule is CC(C)(C)c1[c-]cc(C(C)(C)C)cc1.[Br-].[Br-].[Zr+2]=[CH]Cc1ccccc1.c1cc[cH-]c1. The summed E-state index contributed by atoms with van der Waals surface area (Å²) in [6.07, 6.45) is 1.12. The van der Waals surface area contributed by atoms with E-state index in [-0.39, 0.29) is 44.8 Å². The van der Waals surface area contributed by atoms with E-state index in [1.54, 1.807) is 0 Å². The summed E-state index contributed by atoms with van der Waals surface area (Å²) in [5, 5.41) is 0. The minimum absolute atomic E-state index is 0. The first-order valence-electron chi connectivity index (χ1n) is 9.87. The van der Waals surface area contributed by atoms with Gasteiger partial charge in [-0.3, -0.25) is 0 Å². The van der Waals surface area contributed by atoms with E-state index in [2.05, 4.69) is 93.8 Å². The molecule has 3 heteroatoms. The molecule has 3 rings (SSSR count). The molecule has 3 aromatic carbocycles. The van der Waals surface area contributed by atoms with Crippen LogP contribution in [0.25, 0.3) is 0 Å². The first kappa shape index (κ1) is 31.7. The molecular weight excluding hydrogens is 575 g/mol. The van der Waals surface area contributed by atoms with Gasteiger partial charge in [0, 0.05) is 0 Å². The van der Waals surface area contributed by atoms with Crippen molar-refractivity contribution >= 4 is 3.71 Å². The quantitative estimate of drug-likeness (QED) is 0.382. The van der Waals surface area contributed by atoms with Crippen molar-refractivity contribution in [2.45, 2.75) is 58.8 Å². The van der Waals surface area contributed by atoms with Gasteiger partial charge in [-0.05, 0) is 5.41 Å². The average Bonchev–Trinajstić information content (AvgIpc) is 3.22. The molecule has 3 aromatic rings. The van der Waals surface area contributed by atoms with Crippen molar-refractivity contribution < 1.29 is 58.2 Å². The third-order valence-electron chi connectivity index (χ3n) is 4.22. The van der Waals surface area contributed by atoms with Gasteiger partial charge in [0.05, 0.1) is 0 Å². The molecule has 0 saturated carbocycles. The molecule has 0 bridgehead atoms. The summed E-state index contributed by atoms with van der Waals surface area (Å²) in [7, 11) is 0. The number of halogens is 2. The molecule has 30 heavy (non-hydrogen) atoms. The fourth-order valence-corrected chi connectivity index (χ4v) is 2.99. The fourth-order valence-electron chi connectivity index (χ4n) is 2.41. The van der Waals surface area contributed by atoms with Gasteiger partial charge in [0.15, 0.2) is 0 Å². The van der Waals surface area contributed by atoms with Crippen molar-refractivity contribution in [3.63, 3.8) is 0 Å². The summed E-state index contributed by atoms with van der Waals surface area (Å²) in [6, 6.07) is 30.4. The third-order valence-corrected chi connectivity index (χ3v) is 4.72. The number of benzene rings is 2. The van der Waals surface area contributed by atoms with Gasteiger partial charge in [0.2, 0.25) is 0 Å². The van der Waals surface area contributed by atoms with Gasteiger partial charge in [0.1, 0.15) is 0 Å². The topological polar surface area (TPSA) is 0 Å². The number of hydrogen-bond donors (Lipinski definition) is 0. The molecule has 0 heterocycles. The van der Waals surface area contributed by atoms with Gasteiger partial charge in [-0.15, -0.1) is 0 Å². The van der Waals surface area contributed by atoms with Gasteiger partial charge < -0.3 is 34.0 Å². The summed E-state index contributed by atoms with van der Waals surface area (Å²) < 4.78 is 2.25. The summed E-state index contributed by atoms with van der Waals surface area (Å²) in [5.41, 5.74) is 4.48. The molecule has 162 valence electrons. The van der Waals surface area contributed by atoms with E-state index in [9.17, 15) is 0 Å². The maximum Gasteiger partial charge on any atom is -0.172 e. The van der Waals surface area contributed by atoms with Gasteiger partial charge >= 0.3 is 70.3 Å². The maximum absolute atomic E-state index is 3.38. The Morgan fingerprint density at radius 1 is 0.800 bits per heavy atom. The summed E-state index contributed by atoms with van der Waals surface area (Å²) in [5.74, 6) is 0. The minimum Gasteiger partial charge on any atom is -0.214 e. The molecule has 0 fully saturated rings. The Labute approximate surface area is 220 Å². The molecule has 0 aliphatic heterocycles. The van der Waals surface area contributed by atoms with Crippen molar-refractivity contribution in [2.24, 2.45) is 0 Å².